The fourth-order valence-electron chi connectivity index (χ4n) is 1.52. The van der Waals surface area contributed by atoms with E-state index < -0.39 is 0 Å². The summed E-state index contributed by atoms with van der Waals surface area (Å²) in [6.07, 6.45) is 2.98. The van der Waals surface area contributed by atoms with Gasteiger partial charge in [-0.3, -0.25) is 9.63 Å². The molecule has 0 bridgehead atoms. The molecule has 4 nitrogen and oxygen atoms in total. The minimum Gasteiger partial charge on any atom is -0.394 e. The summed E-state index contributed by atoms with van der Waals surface area (Å²) in [6, 6.07) is 0. The fraction of sp³-hybridized carbons (Fsp3) is 0.875. The zero-order valence-corrected chi connectivity index (χ0v) is 6.90. The highest BCUT2D eigenvalue weighted by Crippen LogP contribution is 2.38. The lowest BCUT2D eigenvalue weighted by Crippen LogP contribution is -2.27. The molecule has 1 aliphatic carbocycles. The lowest BCUT2D eigenvalue weighted by Gasteiger charge is -2.14. The highest BCUT2D eigenvalue weighted by molar-refractivity contribution is 5.77. The van der Waals surface area contributed by atoms with Gasteiger partial charge in [-0.05, 0) is 18.8 Å². The minimum atomic E-state index is -0.0247. The van der Waals surface area contributed by atoms with Crippen molar-refractivity contribution < 1.29 is 14.7 Å². The fourth-order valence-corrected chi connectivity index (χ4v) is 1.52. The first-order valence-corrected chi connectivity index (χ1v) is 4.39. The number of hydrogen-bond donors (Lipinski definition) is 1. The molecule has 68 valence electrons. The van der Waals surface area contributed by atoms with Gasteiger partial charge in [-0.25, -0.2) is 5.06 Å². The molecule has 0 aromatic heterocycles. The van der Waals surface area contributed by atoms with Gasteiger partial charge in [-0.15, -0.1) is 0 Å². The van der Waals surface area contributed by atoms with Crippen molar-refractivity contribution >= 4 is 5.91 Å². The van der Waals surface area contributed by atoms with Gasteiger partial charge in [-0.1, -0.05) is 0 Å². The quantitative estimate of drug-likeness (QED) is 0.646. The maximum atomic E-state index is 11.2. The SMILES string of the molecule is O=C1CC(C2CC2)ON1CCO. The minimum absolute atomic E-state index is 0.0148. The Labute approximate surface area is 71.1 Å². The van der Waals surface area contributed by atoms with Crippen molar-refractivity contribution in [2.24, 2.45) is 5.92 Å². The molecule has 2 rings (SSSR count). The zero-order valence-electron chi connectivity index (χ0n) is 6.90. The Kier molecular flexibility index (Phi) is 2.02. The number of β-amino-alcohol motifs (C(OH)–C–C–N with tert-alkyl or cyclic N) is 1. The highest BCUT2D eigenvalue weighted by atomic mass is 16.7. The number of nitrogens with zero attached hydrogens (tertiary/aromatic N) is 1. The number of aliphatic hydroxyl groups is 1. The van der Waals surface area contributed by atoms with E-state index in [9.17, 15) is 4.79 Å². The molecule has 1 aliphatic heterocycles. The van der Waals surface area contributed by atoms with Gasteiger partial charge in [0.05, 0.1) is 25.7 Å². The van der Waals surface area contributed by atoms with E-state index in [1.54, 1.807) is 0 Å². The summed E-state index contributed by atoms with van der Waals surface area (Å²) in [4.78, 5) is 16.6. The van der Waals surface area contributed by atoms with Crippen LogP contribution in [0.4, 0.5) is 0 Å². The van der Waals surface area contributed by atoms with E-state index in [1.165, 1.54) is 17.9 Å². The standard InChI is InChI=1S/C8H13NO3/c10-4-3-9-8(11)5-7(12-9)6-1-2-6/h6-7,10H,1-5H2. The smallest absolute Gasteiger partial charge is 0.248 e. The number of rotatable bonds is 3. The lowest BCUT2D eigenvalue weighted by molar-refractivity contribution is -0.177. The maximum absolute atomic E-state index is 11.2. The molecule has 1 heterocycles. The predicted molar refractivity (Wildman–Crippen MR) is 41.0 cm³/mol. The first kappa shape index (κ1) is 8.01. The van der Waals surface area contributed by atoms with Gasteiger partial charge in [0, 0.05) is 0 Å². The summed E-state index contributed by atoms with van der Waals surface area (Å²) in [5.74, 6) is 0.610. The molecule has 4 heteroatoms. The molecule has 0 aromatic carbocycles. The number of hydrogen-bond acceptors (Lipinski definition) is 3. The summed E-state index contributed by atoms with van der Waals surface area (Å²) in [5, 5.41) is 9.91. The van der Waals surface area contributed by atoms with Gasteiger partial charge < -0.3 is 5.11 Å². The second-order valence-electron chi connectivity index (χ2n) is 3.40. The van der Waals surface area contributed by atoms with Crippen molar-refractivity contribution in [1.29, 1.82) is 0 Å². The second kappa shape index (κ2) is 3.03. The molecule has 1 saturated carbocycles. The lowest BCUT2D eigenvalue weighted by atomic mass is 10.2. The molecule has 0 radical (unpaired) electrons. The van der Waals surface area contributed by atoms with Crippen LogP contribution < -0.4 is 0 Å². The predicted octanol–water partition coefficient (Wildman–Crippen LogP) is -0.0788. The van der Waals surface area contributed by atoms with E-state index in [0.717, 1.165) is 0 Å². The largest absolute Gasteiger partial charge is 0.394 e. The maximum Gasteiger partial charge on any atom is 0.248 e. The van der Waals surface area contributed by atoms with E-state index >= 15 is 0 Å². The van der Waals surface area contributed by atoms with Gasteiger partial charge in [-0.2, -0.15) is 0 Å². The molecule has 1 N–H and O–H groups in total. The molecule has 12 heavy (non-hydrogen) atoms. The Morgan fingerprint density at radius 1 is 1.58 bits per heavy atom. The number of carbonyl (C=O) groups is 1. The van der Waals surface area contributed by atoms with E-state index in [2.05, 4.69) is 0 Å². The number of carbonyl (C=O) groups excluding carboxylic acids is 1. The van der Waals surface area contributed by atoms with Crippen LogP contribution in [0.15, 0.2) is 0 Å². The van der Waals surface area contributed by atoms with E-state index in [-0.39, 0.29) is 18.6 Å². The summed E-state index contributed by atoms with van der Waals surface area (Å²) in [5.41, 5.74) is 0. The van der Waals surface area contributed by atoms with Crippen molar-refractivity contribution in [2.45, 2.75) is 25.4 Å². The van der Waals surface area contributed by atoms with Gasteiger partial charge in [0.15, 0.2) is 0 Å². The molecule has 2 aliphatic rings. The average Bonchev–Trinajstić information content (AvgIpc) is 2.80. The van der Waals surface area contributed by atoms with Crippen LogP contribution in [0.25, 0.3) is 0 Å². The summed E-state index contributed by atoms with van der Waals surface area (Å²) < 4.78 is 0. The monoisotopic (exact) mass is 171 g/mol. The zero-order chi connectivity index (χ0) is 8.55. The van der Waals surface area contributed by atoms with Crippen LogP contribution in [0.1, 0.15) is 19.3 Å². The van der Waals surface area contributed by atoms with Gasteiger partial charge in [0.25, 0.3) is 0 Å². The number of hydroxylamine groups is 2. The Morgan fingerprint density at radius 2 is 2.33 bits per heavy atom. The first-order valence-electron chi connectivity index (χ1n) is 4.39. The van der Waals surface area contributed by atoms with Gasteiger partial charge >= 0.3 is 0 Å². The summed E-state index contributed by atoms with van der Waals surface area (Å²) in [6.45, 7) is 0.283. The molecule has 1 atom stereocenters. The van der Waals surface area contributed by atoms with Gasteiger partial charge in [0.2, 0.25) is 5.91 Å². The molecule has 0 spiro atoms. The van der Waals surface area contributed by atoms with E-state index in [0.29, 0.717) is 18.9 Å². The summed E-state index contributed by atoms with van der Waals surface area (Å²) in [7, 11) is 0. The Hall–Kier alpha value is -0.610. The van der Waals surface area contributed by atoms with Crippen LogP contribution in [0, 0.1) is 5.92 Å². The molecular formula is C8H13NO3. The topological polar surface area (TPSA) is 49.8 Å². The van der Waals surface area contributed by atoms with Crippen LogP contribution >= 0.6 is 0 Å². The number of aliphatic hydroxyl groups excluding tert-OH is 1. The van der Waals surface area contributed by atoms with Crippen LogP contribution in [0.5, 0.6) is 0 Å². The van der Waals surface area contributed by atoms with Crippen molar-refractivity contribution in [1.82, 2.24) is 5.06 Å². The third kappa shape index (κ3) is 1.44. The third-order valence-corrected chi connectivity index (χ3v) is 2.37. The van der Waals surface area contributed by atoms with E-state index in [1.807, 2.05) is 0 Å². The molecule has 1 amide bonds. The van der Waals surface area contributed by atoms with E-state index in [4.69, 9.17) is 9.94 Å². The molecule has 1 unspecified atom stereocenters. The average molecular weight is 171 g/mol. The van der Waals surface area contributed by atoms with Crippen molar-refractivity contribution in [3.63, 3.8) is 0 Å². The highest BCUT2D eigenvalue weighted by Gasteiger charge is 2.41. The van der Waals surface area contributed by atoms with Crippen LogP contribution in [-0.2, 0) is 9.63 Å². The normalized spacial score (nSPS) is 29.9. The van der Waals surface area contributed by atoms with Crippen molar-refractivity contribution in [3.05, 3.63) is 0 Å². The molecular weight excluding hydrogens is 158 g/mol. The van der Waals surface area contributed by atoms with Crippen LogP contribution in [0.3, 0.4) is 0 Å². The van der Waals surface area contributed by atoms with Crippen LogP contribution in [0.2, 0.25) is 0 Å². The number of amides is 1. The van der Waals surface area contributed by atoms with Gasteiger partial charge in [0.1, 0.15) is 0 Å². The van der Waals surface area contributed by atoms with Crippen molar-refractivity contribution in [3.8, 4) is 0 Å². The molecule has 0 aromatic rings. The Balaban J connectivity index is 1.88. The summed E-state index contributed by atoms with van der Waals surface area (Å²) >= 11 is 0. The first-order chi connectivity index (χ1) is 5.81. The van der Waals surface area contributed by atoms with Crippen molar-refractivity contribution in [2.75, 3.05) is 13.2 Å². The Bertz CT molecular complexity index is 191. The third-order valence-electron chi connectivity index (χ3n) is 2.37. The van der Waals surface area contributed by atoms with Crippen LogP contribution in [-0.4, -0.2) is 35.3 Å². The molecule has 2 fully saturated rings. The molecule has 1 saturated heterocycles. The Morgan fingerprint density at radius 3 is 2.92 bits per heavy atom. The second-order valence-corrected chi connectivity index (χ2v) is 3.40.